The Morgan fingerprint density at radius 1 is 1.35 bits per heavy atom. The van der Waals surface area contributed by atoms with E-state index in [1.807, 2.05) is 7.05 Å². The molecule has 1 aliphatic rings. The maximum Gasteiger partial charge on any atom is 0.124 e. The molecule has 3 N–H and O–H groups in total. The van der Waals surface area contributed by atoms with Crippen molar-refractivity contribution >= 4 is 0 Å². The maximum atomic E-state index is 6.35. The van der Waals surface area contributed by atoms with Crippen LogP contribution >= 0.6 is 0 Å². The van der Waals surface area contributed by atoms with Crippen molar-refractivity contribution in [3.63, 3.8) is 0 Å². The zero-order valence-electron chi connectivity index (χ0n) is 11.1. The molecule has 0 aliphatic heterocycles. The molecule has 1 aromatic carbocycles. The highest BCUT2D eigenvalue weighted by Crippen LogP contribution is 2.46. The van der Waals surface area contributed by atoms with Gasteiger partial charge in [-0.3, -0.25) is 0 Å². The summed E-state index contributed by atoms with van der Waals surface area (Å²) in [5.41, 5.74) is 9.93. The van der Waals surface area contributed by atoms with Gasteiger partial charge in [-0.25, -0.2) is 0 Å². The van der Waals surface area contributed by atoms with Gasteiger partial charge in [0.1, 0.15) is 5.75 Å². The molecule has 0 bridgehead atoms. The third kappa shape index (κ3) is 2.17. The van der Waals surface area contributed by atoms with E-state index in [9.17, 15) is 0 Å². The number of nitrogens with two attached hydrogens (primary N) is 1. The molecule has 1 saturated carbocycles. The highest BCUT2D eigenvalue weighted by atomic mass is 16.5. The van der Waals surface area contributed by atoms with Crippen LogP contribution in [0.5, 0.6) is 5.75 Å². The molecule has 1 aliphatic carbocycles. The molecule has 3 heteroatoms. The third-order valence-electron chi connectivity index (χ3n) is 3.69. The average molecular weight is 234 g/mol. The fourth-order valence-corrected chi connectivity index (χ4v) is 2.63. The molecule has 0 radical (unpaired) electrons. The summed E-state index contributed by atoms with van der Waals surface area (Å²) in [4.78, 5) is 0. The smallest absolute Gasteiger partial charge is 0.124 e. The highest BCUT2D eigenvalue weighted by Gasteiger charge is 2.47. The zero-order valence-corrected chi connectivity index (χ0v) is 11.1. The lowest BCUT2D eigenvalue weighted by atomic mass is 9.92. The van der Waals surface area contributed by atoms with Crippen LogP contribution in [0.25, 0.3) is 0 Å². The van der Waals surface area contributed by atoms with Gasteiger partial charge in [0.2, 0.25) is 0 Å². The molecule has 3 nitrogen and oxygen atoms in total. The lowest BCUT2D eigenvalue weighted by molar-refractivity contribution is 0.385. The van der Waals surface area contributed by atoms with E-state index >= 15 is 0 Å². The fraction of sp³-hybridized carbons (Fsp3) is 0.571. The van der Waals surface area contributed by atoms with E-state index < -0.39 is 0 Å². The number of benzene rings is 1. The van der Waals surface area contributed by atoms with Gasteiger partial charge in [0, 0.05) is 11.1 Å². The molecule has 1 fully saturated rings. The lowest BCUT2D eigenvalue weighted by Crippen LogP contribution is -2.39. The minimum atomic E-state index is -0.0952. The van der Waals surface area contributed by atoms with Crippen LogP contribution < -0.4 is 15.8 Å². The van der Waals surface area contributed by atoms with Gasteiger partial charge in [-0.15, -0.1) is 0 Å². The summed E-state index contributed by atoms with van der Waals surface area (Å²) in [6.45, 7) is 4.21. The lowest BCUT2D eigenvalue weighted by Gasteiger charge is -2.27. The van der Waals surface area contributed by atoms with Gasteiger partial charge in [0.25, 0.3) is 0 Å². The fourth-order valence-electron chi connectivity index (χ4n) is 2.63. The van der Waals surface area contributed by atoms with Gasteiger partial charge in [0.05, 0.1) is 13.2 Å². The largest absolute Gasteiger partial charge is 0.496 e. The highest BCUT2D eigenvalue weighted by molar-refractivity contribution is 5.47. The number of likely N-dealkylation sites (N-methyl/N-ethyl adjacent to an activating group) is 1. The van der Waals surface area contributed by atoms with Crippen LogP contribution in [0.1, 0.15) is 35.6 Å². The number of nitrogens with one attached hydrogen (secondary N) is 1. The molecule has 0 aromatic heterocycles. The van der Waals surface area contributed by atoms with Crippen LogP contribution in [0.15, 0.2) is 12.1 Å². The van der Waals surface area contributed by atoms with E-state index in [1.54, 1.807) is 7.11 Å². The first kappa shape index (κ1) is 12.4. The first-order chi connectivity index (χ1) is 8.01. The van der Waals surface area contributed by atoms with Crippen molar-refractivity contribution in [3.05, 3.63) is 28.8 Å². The Morgan fingerprint density at radius 3 is 2.47 bits per heavy atom. The Labute approximate surface area is 103 Å². The van der Waals surface area contributed by atoms with Crippen LogP contribution in [0.3, 0.4) is 0 Å². The number of rotatable bonds is 4. The molecule has 0 saturated heterocycles. The van der Waals surface area contributed by atoms with Gasteiger partial charge < -0.3 is 15.8 Å². The summed E-state index contributed by atoms with van der Waals surface area (Å²) in [5, 5.41) is 3.35. The Morgan fingerprint density at radius 2 is 2.00 bits per heavy atom. The number of hydrogen-bond donors (Lipinski definition) is 2. The van der Waals surface area contributed by atoms with Crippen LogP contribution in [-0.4, -0.2) is 19.7 Å². The first-order valence-electron chi connectivity index (χ1n) is 6.13. The van der Waals surface area contributed by atoms with E-state index in [0.29, 0.717) is 0 Å². The Kier molecular flexibility index (Phi) is 3.15. The van der Waals surface area contributed by atoms with E-state index in [-0.39, 0.29) is 11.6 Å². The van der Waals surface area contributed by atoms with Gasteiger partial charge >= 0.3 is 0 Å². The molecule has 1 atom stereocenters. The normalized spacial score (nSPS) is 18.9. The Balaban J connectivity index is 2.49. The predicted molar refractivity (Wildman–Crippen MR) is 70.4 cm³/mol. The number of methoxy groups -OCH3 is 1. The van der Waals surface area contributed by atoms with Crippen LogP contribution in [0, 0.1) is 13.8 Å². The monoisotopic (exact) mass is 234 g/mol. The molecule has 17 heavy (non-hydrogen) atoms. The van der Waals surface area contributed by atoms with Gasteiger partial charge in [-0.2, -0.15) is 0 Å². The standard InChI is InChI=1S/C14H22N2O/c1-9-7-10(2)12(11(8-9)17-4)13(16-3)14(15)5-6-14/h7-8,13,16H,5-6,15H2,1-4H3. The zero-order chi connectivity index (χ0) is 12.6. The Hall–Kier alpha value is -1.06. The van der Waals surface area contributed by atoms with Gasteiger partial charge in [0.15, 0.2) is 0 Å². The summed E-state index contributed by atoms with van der Waals surface area (Å²) in [5.74, 6) is 0.943. The molecule has 0 spiro atoms. The number of ether oxygens (including phenoxy) is 1. The van der Waals surface area contributed by atoms with Crippen LogP contribution in [0.4, 0.5) is 0 Å². The van der Waals surface area contributed by atoms with Gasteiger partial charge in [-0.1, -0.05) is 6.07 Å². The summed E-state index contributed by atoms with van der Waals surface area (Å²) in [6, 6.07) is 4.45. The minimum Gasteiger partial charge on any atom is -0.496 e. The van der Waals surface area contributed by atoms with Crippen molar-refractivity contribution in [1.82, 2.24) is 5.32 Å². The second-order valence-corrected chi connectivity index (χ2v) is 5.15. The predicted octanol–water partition coefficient (Wildman–Crippen LogP) is 2.06. The summed E-state index contributed by atoms with van der Waals surface area (Å²) in [7, 11) is 3.69. The molecule has 94 valence electrons. The molecule has 1 aromatic rings. The van der Waals surface area contributed by atoms with E-state index in [1.165, 1.54) is 16.7 Å². The molecule has 0 heterocycles. The molecule has 2 rings (SSSR count). The average Bonchev–Trinajstić information content (AvgIpc) is 3.00. The van der Waals surface area contributed by atoms with Crippen LogP contribution in [0.2, 0.25) is 0 Å². The molecular formula is C14H22N2O. The molecular weight excluding hydrogens is 212 g/mol. The van der Waals surface area contributed by atoms with E-state index in [4.69, 9.17) is 10.5 Å². The van der Waals surface area contributed by atoms with Crippen molar-refractivity contribution in [3.8, 4) is 5.75 Å². The Bertz CT molecular complexity index is 424. The summed E-state index contributed by atoms with van der Waals surface area (Å²) in [6.07, 6.45) is 2.16. The van der Waals surface area contributed by atoms with Crippen molar-refractivity contribution in [2.45, 2.75) is 38.3 Å². The van der Waals surface area contributed by atoms with Crippen molar-refractivity contribution in [2.75, 3.05) is 14.2 Å². The van der Waals surface area contributed by atoms with Crippen molar-refractivity contribution < 1.29 is 4.74 Å². The topological polar surface area (TPSA) is 47.3 Å². The van der Waals surface area contributed by atoms with Gasteiger partial charge in [-0.05, 0) is 50.9 Å². The third-order valence-corrected chi connectivity index (χ3v) is 3.69. The van der Waals surface area contributed by atoms with Crippen molar-refractivity contribution in [2.24, 2.45) is 5.73 Å². The molecule has 1 unspecified atom stereocenters. The number of aryl methyl sites for hydroxylation is 2. The number of hydrogen-bond acceptors (Lipinski definition) is 3. The maximum absolute atomic E-state index is 6.35. The van der Waals surface area contributed by atoms with E-state index in [0.717, 1.165) is 18.6 Å². The molecule has 0 amide bonds. The second-order valence-electron chi connectivity index (χ2n) is 5.15. The summed E-state index contributed by atoms with van der Waals surface area (Å²) >= 11 is 0. The quantitative estimate of drug-likeness (QED) is 0.838. The summed E-state index contributed by atoms with van der Waals surface area (Å²) < 4.78 is 5.52. The first-order valence-corrected chi connectivity index (χ1v) is 6.13. The minimum absolute atomic E-state index is 0.0952. The second kappa shape index (κ2) is 4.31. The van der Waals surface area contributed by atoms with Crippen LogP contribution in [-0.2, 0) is 0 Å². The SMILES string of the molecule is CNC(c1c(C)cc(C)cc1OC)C1(N)CC1. The van der Waals surface area contributed by atoms with Crippen molar-refractivity contribution in [1.29, 1.82) is 0 Å². The van der Waals surface area contributed by atoms with E-state index in [2.05, 4.69) is 31.3 Å².